The number of aryl methyl sites for hydroxylation is 1. The first-order valence-corrected chi connectivity index (χ1v) is 8.72. The minimum absolute atomic E-state index is 0.0253. The van der Waals surface area contributed by atoms with Crippen LogP contribution >= 0.6 is 11.3 Å². The van der Waals surface area contributed by atoms with Gasteiger partial charge >= 0.3 is 6.03 Å². The summed E-state index contributed by atoms with van der Waals surface area (Å²) in [6, 6.07) is 0.355. The molecule has 5 nitrogen and oxygen atoms in total. The minimum atomic E-state index is -0.0253. The van der Waals surface area contributed by atoms with Crippen molar-refractivity contribution in [3.8, 4) is 0 Å². The van der Waals surface area contributed by atoms with Crippen LogP contribution in [0.1, 0.15) is 36.1 Å². The average Bonchev–Trinajstić information content (AvgIpc) is 2.94. The molecule has 116 valence electrons. The largest absolute Gasteiger partial charge is 0.338 e. The number of hydrogen-bond acceptors (Lipinski definition) is 4. The molecule has 2 aliphatic rings. The first kappa shape index (κ1) is 14.8. The van der Waals surface area contributed by atoms with Gasteiger partial charge in [0.2, 0.25) is 0 Å². The normalized spacial score (nSPS) is 23.0. The molecule has 1 aromatic heterocycles. The molecule has 0 aromatic carbocycles. The Morgan fingerprint density at radius 3 is 3.05 bits per heavy atom. The van der Waals surface area contributed by atoms with E-state index in [2.05, 4.69) is 27.9 Å². The fourth-order valence-corrected chi connectivity index (χ4v) is 4.01. The number of nitrogens with one attached hydrogen (secondary N) is 3. The summed E-state index contributed by atoms with van der Waals surface area (Å²) in [6.07, 6.45) is 7.31. The van der Waals surface area contributed by atoms with Crippen LogP contribution in [0.15, 0.2) is 6.20 Å². The predicted molar refractivity (Wildman–Crippen MR) is 84.7 cm³/mol. The van der Waals surface area contributed by atoms with Crippen molar-refractivity contribution < 1.29 is 4.79 Å². The fourth-order valence-electron chi connectivity index (χ4n) is 3.15. The van der Waals surface area contributed by atoms with E-state index < -0.39 is 0 Å². The van der Waals surface area contributed by atoms with Crippen LogP contribution in [0.2, 0.25) is 0 Å². The van der Waals surface area contributed by atoms with Gasteiger partial charge in [0, 0.05) is 30.1 Å². The number of carbonyl (C=O) groups excluding carboxylic acids is 1. The molecular formula is C15H24N4OS. The zero-order valence-corrected chi connectivity index (χ0v) is 13.4. The second-order valence-electron chi connectivity index (χ2n) is 6.09. The van der Waals surface area contributed by atoms with Gasteiger partial charge in [-0.15, -0.1) is 11.3 Å². The smallest absolute Gasteiger partial charge is 0.315 e. The third-order valence-electron chi connectivity index (χ3n) is 4.67. The Kier molecular flexibility index (Phi) is 4.45. The summed E-state index contributed by atoms with van der Waals surface area (Å²) in [7, 11) is 0. The lowest BCUT2D eigenvalue weighted by Crippen LogP contribution is -2.41. The standard InChI is InChI=1S/C15H24N4OS/c1-2-11-10-18-13(21-11)3-6-17-14(20)19-12-9-15(12)4-7-16-8-5-15/h10,12,16H,2-9H2,1H3,(H2,17,19,20). The molecule has 3 rings (SSSR count). The number of piperidine rings is 1. The quantitative estimate of drug-likeness (QED) is 0.775. The molecule has 1 saturated heterocycles. The molecule has 0 bridgehead atoms. The highest BCUT2D eigenvalue weighted by Crippen LogP contribution is 2.52. The van der Waals surface area contributed by atoms with Gasteiger partial charge in [-0.05, 0) is 44.2 Å². The molecule has 3 N–H and O–H groups in total. The van der Waals surface area contributed by atoms with E-state index in [1.165, 1.54) is 17.7 Å². The molecule has 2 heterocycles. The van der Waals surface area contributed by atoms with Crippen molar-refractivity contribution in [3.05, 3.63) is 16.1 Å². The molecule has 1 aliphatic heterocycles. The first-order valence-electron chi connectivity index (χ1n) is 7.90. The summed E-state index contributed by atoms with van der Waals surface area (Å²) in [4.78, 5) is 17.6. The number of aromatic nitrogens is 1. The molecule has 0 radical (unpaired) electrons. The summed E-state index contributed by atoms with van der Waals surface area (Å²) in [5.74, 6) is 0. The van der Waals surface area contributed by atoms with Gasteiger partial charge in [0.05, 0.1) is 5.01 Å². The lowest BCUT2D eigenvalue weighted by molar-refractivity contribution is 0.236. The highest BCUT2D eigenvalue weighted by Gasteiger charge is 2.54. The zero-order valence-electron chi connectivity index (χ0n) is 12.6. The zero-order chi connectivity index (χ0) is 14.7. The lowest BCUT2D eigenvalue weighted by Gasteiger charge is -2.23. The Morgan fingerprint density at radius 2 is 2.33 bits per heavy atom. The van der Waals surface area contributed by atoms with Crippen molar-refractivity contribution in [1.82, 2.24) is 20.9 Å². The van der Waals surface area contributed by atoms with E-state index in [-0.39, 0.29) is 6.03 Å². The molecule has 1 spiro atoms. The maximum Gasteiger partial charge on any atom is 0.315 e. The number of amides is 2. The Labute approximate surface area is 129 Å². The van der Waals surface area contributed by atoms with Gasteiger partial charge in [-0.3, -0.25) is 0 Å². The summed E-state index contributed by atoms with van der Waals surface area (Å²) in [5.41, 5.74) is 0.397. The summed E-state index contributed by atoms with van der Waals surface area (Å²) < 4.78 is 0. The third-order valence-corrected chi connectivity index (χ3v) is 5.87. The molecule has 2 fully saturated rings. The van der Waals surface area contributed by atoms with Crippen LogP contribution in [0.3, 0.4) is 0 Å². The lowest BCUT2D eigenvalue weighted by atomic mass is 9.94. The molecule has 1 unspecified atom stereocenters. The van der Waals surface area contributed by atoms with Crippen molar-refractivity contribution in [2.24, 2.45) is 5.41 Å². The Morgan fingerprint density at radius 1 is 1.52 bits per heavy atom. The maximum atomic E-state index is 11.9. The van der Waals surface area contributed by atoms with E-state index >= 15 is 0 Å². The highest BCUT2D eigenvalue weighted by molar-refractivity contribution is 7.11. The van der Waals surface area contributed by atoms with E-state index in [9.17, 15) is 4.79 Å². The van der Waals surface area contributed by atoms with Crippen LogP contribution in [0.25, 0.3) is 0 Å². The van der Waals surface area contributed by atoms with Gasteiger partial charge in [0.15, 0.2) is 0 Å². The van der Waals surface area contributed by atoms with E-state index in [4.69, 9.17) is 0 Å². The van der Waals surface area contributed by atoms with E-state index in [1.807, 2.05) is 6.20 Å². The predicted octanol–water partition coefficient (Wildman–Crippen LogP) is 1.69. The molecule has 6 heteroatoms. The van der Waals surface area contributed by atoms with Crippen molar-refractivity contribution in [2.45, 2.75) is 45.1 Å². The van der Waals surface area contributed by atoms with Crippen molar-refractivity contribution in [1.29, 1.82) is 0 Å². The number of nitrogens with zero attached hydrogens (tertiary/aromatic N) is 1. The van der Waals surface area contributed by atoms with E-state index in [0.29, 0.717) is 18.0 Å². The van der Waals surface area contributed by atoms with Crippen LogP contribution in [-0.4, -0.2) is 36.7 Å². The molecule has 1 aliphatic carbocycles. The average molecular weight is 308 g/mol. The number of thiazole rings is 1. The highest BCUT2D eigenvalue weighted by atomic mass is 32.1. The maximum absolute atomic E-state index is 11.9. The van der Waals surface area contributed by atoms with Gasteiger partial charge in [0.25, 0.3) is 0 Å². The Bertz CT molecular complexity index is 496. The van der Waals surface area contributed by atoms with Crippen LogP contribution in [-0.2, 0) is 12.8 Å². The fraction of sp³-hybridized carbons (Fsp3) is 0.733. The number of urea groups is 1. The van der Waals surface area contributed by atoms with E-state index in [1.54, 1.807) is 11.3 Å². The molecular weight excluding hydrogens is 284 g/mol. The van der Waals surface area contributed by atoms with Crippen molar-refractivity contribution in [2.75, 3.05) is 19.6 Å². The SMILES string of the molecule is CCc1cnc(CCNC(=O)NC2CC23CCNCC3)s1. The molecule has 1 saturated carbocycles. The summed E-state index contributed by atoms with van der Waals surface area (Å²) in [5, 5.41) is 10.6. The number of hydrogen-bond donors (Lipinski definition) is 3. The summed E-state index contributed by atoms with van der Waals surface area (Å²) in [6.45, 7) is 4.96. The van der Waals surface area contributed by atoms with Crippen LogP contribution in [0.5, 0.6) is 0 Å². The Hall–Kier alpha value is -1.14. The van der Waals surface area contributed by atoms with Gasteiger partial charge in [0.1, 0.15) is 0 Å². The molecule has 1 aromatic rings. The topological polar surface area (TPSA) is 66.0 Å². The van der Waals surface area contributed by atoms with Gasteiger partial charge in [-0.2, -0.15) is 0 Å². The first-order chi connectivity index (χ1) is 10.2. The summed E-state index contributed by atoms with van der Waals surface area (Å²) >= 11 is 1.74. The second-order valence-corrected chi connectivity index (χ2v) is 7.29. The van der Waals surface area contributed by atoms with Gasteiger partial charge in [-0.1, -0.05) is 6.92 Å². The minimum Gasteiger partial charge on any atom is -0.338 e. The second kappa shape index (κ2) is 6.32. The van der Waals surface area contributed by atoms with Crippen LogP contribution in [0.4, 0.5) is 4.79 Å². The van der Waals surface area contributed by atoms with Gasteiger partial charge in [-0.25, -0.2) is 9.78 Å². The van der Waals surface area contributed by atoms with Crippen molar-refractivity contribution >= 4 is 17.4 Å². The molecule has 21 heavy (non-hydrogen) atoms. The van der Waals surface area contributed by atoms with E-state index in [0.717, 1.165) is 37.4 Å². The van der Waals surface area contributed by atoms with Crippen molar-refractivity contribution in [3.63, 3.8) is 0 Å². The molecule has 2 amide bonds. The Balaban J connectivity index is 1.35. The van der Waals surface area contributed by atoms with Crippen LogP contribution in [0, 0.1) is 5.41 Å². The monoisotopic (exact) mass is 308 g/mol. The van der Waals surface area contributed by atoms with Gasteiger partial charge < -0.3 is 16.0 Å². The van der Waals surface area contributed by atoms with Crippen LogP contribution < -0.4 is 16.0 Å². The number of carbonyl (C=O) groups is 1. The molecule has 1 atom stereocenters. The third kappa shape index (κ3) is 3.55. The number of rotatable bonds is 5.